The molecule has 0 saturated carbocycles. The molecule has 1 aromatic carbocycles. The standard InChI is InChI=1S/C16H20N2O4S3/c1-13-7-8-14(25(21,22)18-9-3-2-4-10-18)12-15(13)17-24(19,20)16-6-5-11-23-16/h5-8,11-12,17H,2-4,9-10H2,1H3. The molecular weight excluding hydrogens is 380 g/mol. The molecule has 0 aliphatic carbocycles. The van der Waals surface area contributed by atoms with Crippen LogP contribution in [0.5, 0.6) is 0 Å². The molecule has 1 aromatic heterocycles. The van der Waals surface area contributed by atoms with Gasteiger partial charge in [-0.15, -0.1) is 11.3 Å². The quantitative estimate of drug-likeness (QED) is 0.836. The van der Waals surface area contributed by atoms with Crippen LogP contribution in [0.3, 0.4) is 0 Å². The summed E-state index contributed by atoms with van der Waals surface area (Å²) in [6.45, 7) is 2.75. The molecule has 2 aromatic rings. The maximum absolute atomic E-state index is 12.8. The lowest BCUT2D eigenvalue weighted by molar-refractivity contribution is 0.346. The van der Waals surface area contributed by atoms with Gasteiger partial charge in [0.25, 0.3) is 10.0 Å². The summed E-state index contributed by atoms with van der Waals surface area (Å²) in [5, 5.41) is 1.68. The molecule has 1 N–H and O–H groups in total. The van der Waals surface area contributed by atoms with Crippen molar-refractivity contribution in [3.8, 4) is 0 Å². The van der Waals surface area contributed by atoms with Crippen LogP contribution < -0.4 is 4.72 Å². The van der Waals surface area contributed by atoms with Gasteiger partial charge in [0.15, 0.2) is 0 Å². The molecule has 0 spiro atoms. The number of thiophene rings is 1. The van der Waals surface area contributed by atoms with E-state index in [2.05, 4.69) is 4.72 Å². The number of benzene rings is 1. The highest BCUT2D eigenvalue weighted by Crippen LogP contribution is 2.27. The van der Waals surface area contributed by atoms with E-state index in [0.717, 1.165) is 30.6 Å². The Balaban J connectivity index is 1.93. The molecule has 6 nitrogen and oxygen atoms in total. The van der Waals surface area contributed by atoms with Crippen LogP contribution in [0.1, 0.15) is 24.8 Å². The Labute approximate surface area is 152 Å². The Morgan fingerprint density at radius 3 is 2.40 bits per heavy atom. The van der Waals surface area contributed by atoms with Gasteiger partial charge in [0.2, 0.25) is 10.0 Å². The lowest BCUT2D eigenvalue weighted by atomic mass is 10.2. The van der Waals surface area contributed by atoms with Crippen LogP contribution in [0, 0.1) is 6.92 Å². The normalized spacial score (nSPS) is 16.7. The minimum atomic E-state index is -3.72. The number of aryl methyl sites for hydroxylation is 1. The average molecular weight is 401 g/mol. The lowest BCUT2D eigenvalue weighted by Gasteiger charge is -2.26. The topological polar surface area (TPSA) is 83.6 Å². The predicted molar refractivity (Wildman–Crippen MR) is 98.9 cm³/mol. The summed E-state index contributed by atoms with van der Waals surface area (Å²) < 4.78 is 54.6. The van der Waals surface area contributed by atoms with Gasteiger partial charge >= 0.3 is 0 Å². The zero-order chi connectivity index (χ0) is 18.1. The first-order valence-electron chi connectivity index (χ1n) is 7.98. The Morgan fingerprint density at radius 1 is 1.04 bits per heavy atom. The second kappa shape index (κ2) is 7.06. The third-order valence-corrected chi connectivity index (χ3v) is 8.82. The second-order valence-electron chi connectivity index (χ2n) is 5.98. The summed E-state index contributed by atoms with van der Waals surface area (Å²) in [5.41, 5.74) is 0.948. The van der Waals surface area contributed by atoms with Gasteiger partial charge in [-0.05, 0) is 48.9 Å². The predicted octanol–water partition coefficient (Wildman–Crippen LogP) is 3.03. The molecule has 3 rings (SSSR count). The van der Waals surface area contributed by atoms with Crippen molar-refractivity contribution < 1.29 is 16.8 Å². The fourth-order valence-electron chi connectivity index (χ4n) is 2.74. The van der Waals surface area contributed by atoms with Gasteiger partial charge in [0.1, 0.15) is 4.21 Å². The van der Waals surface area contributed by atoms with Crippen LogP contribution >= 0.6 is 11.3 Å². The summed E-state index contributed by atoms with van der Waals surface area (Å²) in [5.74, 6) is 0. The van der Waals surface area contributed by atoms with Crippen molar-refractivity contribution in [2.75, 3.05) is 17.8 Å². The van der Waals surface area contributed by atoms with Gasteiger partial charge < -0.3 is 0 Å². The molecule has 0 atom stereocenters. The largest absolute Gasteiger partial charge is 0.279 e. The maximum Gasteiger partial charge on any atom is 0.271 e. The molecule has 9 heteroatoms. The lowest BCUT2D eigenvalue weighted by Crippen LogP contribution is -2.35. The van der Waals surface area contributed by atoms with Crippen molar-refractivity contribution >= 4 is 37.1 Å². The van der Waals surface area contributed by atoms with Crippen LogP contribution in [0.15, 0.2) is 44.8 Å². The summed E-state index contributed by atoms with van der Waals surface area (Å²) in [4.78, 5) is 0.115. The van der Waals surface area contributed by atoms with Gasteiger partial charge in [-0.3, -0.25) is 4.72 Å². The zero-order valence-corrected chi connectivity index (χ0v) is 16.3. The van der Waals surface area contributed by atoms with E-state index in [9.17, 15) is 16.8 Å². The number of hydrogen-bond acceptors (Lipinski definition) is 5. The summed E-state index contributed by atoms with van der Waals surface area (Å²) >= 11 is 1.11. The molecule has 1 saturated heterocycles. The van der Waals surface area contributed by atoms with Gasteiger partial charge in [0, 0.05) is 13.1 Å². The molecule has 0 bridgehead atoms. The van der Waals surface area contributed by atoms with Crippen molar-refractivity contribution in [1.82, 2.24) is 4.31 Å². The number of nitrogens with zero attached hydrogens (tertiary/aromatic N) is 1. The molecular formula is C16H20N2O4S3. The van der Waals surface area contributed by atoms with E-state index in [1.165, 1.54) is 22.5 Å². The number of anilines is 1. The Kier molecular flexibility index (Phi) is 5.19. The number of nitrogens with one attached hydrogen (secondary N) is 1. The molecule has 0 radical (unpaired) electrons. The van der Waals surface area contributed by atoms with Crippen molar-refractivity contribution in [3.63, 3.8) is 0 Å². The highest BCUT2D eigenvalue weighted by Gasteiger charge is 2.27. The third-order valence-electron chi connectivity index (χ3n) is 4.17. The number of rotatable bonds is 5. The van der Waals surface area contributed by atoms with E-state index in [1.54, 1.807) is 24.4 Å². The Hall–Kier alpha value is -1.42. The highest BCUT2D eigenvalue weighted by atomic mass is 32.2. The SMILES string of the molecule is Cc1ccc(S(=O)(=O)N2CCCCC2)cc1NS(=O)(=O)c1cccs1. The first kappa shape index (κ1) is 18.4. The van der Waals surface area contributed by atoms with Crippen LogP contribution in [0.2, 0.25) is 0 Å². The Bertz CT molecular complexity index is 945. The molecule has 1 aliphatic heterocycles. The van der Waals surface area contributed by atoms with Gasteiger partial charge in [-0.1, -0.05) is 18.6 Å². The van der Waals surface area contributed by atoms with Gasteiger partial charge in [0.05, 0.1) is 10.6 Å². The highest BCUT2D eigenvalue weighted by molar-refractivity contribution is 7.94. The Morgan fingerprint density at radius 2 is 1.76 bits per heavy atom. The van der Waals surface area contributed by atoms with Crippen molar-refractivity contribution in [2.45, 2.75) is 35.3 Å². The van der Waals surface area contributed by atoms with Crippen LogP contribution in [-0.2, 0) is 20.0 Å². The van der Waals surface area contributed by atoms with E-state index >= 15 is 0 Å². The minimum Gasteiger partial charge on any atom is -0.279 e. The van der Waals surface area contributed by atoms with Gasteiger partial charge in [-0.25, -0.2) is 16.8 Å². The summed E-state index contributed by atoms with van der Waals surface area (Å²) in [6, 6.07) is 7.73. The third kappa shape index (κ3) is 3.89. The van der Waals surface area contributed by atoms with Gasteiger partial charge in [-0.2, -0.15) is 4.31 Å². The molecule has 0 unspecified atom stereocenters. The molecule has 1 fully saturated rings. The van der Waals surface area contributed by atoms with Crippen molar-refractivity contribution in [2.24, 2.45) is 0 Å². The van der Waals surface area contributed by atoms with E-state index in [4.69, 9.17) is 0 Å². The number of hydrogen-bond donors (Lipinski definition) is 1. The molecule has 25 heavy (non-hydrogen) atoms. The van der Waals surface area contributed by atoms with E-state index < -0.39 is 20.0 Å². The first-order chi connectivity index (χ1) is 11.8. The van der Waals surface area contributed by atoms with Crippen LogP contribution in [0.4, 0.5) is 5.69 Å². The summed E-state index contributed by atoms with van der Waals surface area (Å²) in [7, 11) is -7.33. The van der Waals surface area contributed by atoms with Crippen molar-refractivity contribution in [1.29, 1.82) is 0 Å². The fraction of sp³-hybridized carbons (Fsp3) is 0.375. The molecule has 2 heterocycles. The monoisotopic (exact) mass is 400 g/mol. The smallest absolute Gasteiger partial charge is 0.271 e. The minimum absolute atomic E-state index is 0.115. The second-order valence-corrected chi connectivity index (χ2v) is 10.8. The van der Waals surface area contributed by atoms with E-state index in [0.29, 0.717) is 18.7 Å². The first-order valence-corrected chi connectivity index (χ1v) is 11.8. The number of sulfonamides is 2. The van der Waals surface area contributed by atoms with Crippen LogP contribution in [0.25, 0.3) is 0 Å². The average Bonchev–Trinajstić information content (AvgIpc) is 3.13. The molecule has 0 amide bonds. The molecule has 1 aliphatic rings. The maximum atomic E-state index is 12.8. The van der Waals surface area contributed by atoms with Crippen LogP contribution in [-0.4, -0.2) is 34.2 Å². The fourth-order valence-corrected chi connectivity index (χ4v) is 6.40. The number of piperidine rings is 1. The summed E-state index contributed by atoms with van der Waals surface area (Å²) in [6.07, 6.45) is 2.73. The molecule has 136 valence electrons. The van der Waals surface area contributed by atoms with Crippen molar-refractivity contribution in [3.05, 3.63) is 41.3 Å². The van der Waals surface area contributed by atoms with E-state index in [1.807, 2.05) is 0 Å². The van der Waals surface area contributed by atoms with E-state index in [-0.39, 0.29) is 14.8 Å². The zero-order valence-electron chi connectivity index (χ0n) is 13.8.